The first-order valence-electron chi connectivity index (χ1n) is 5.80. The second-order valence-corrected chi connectivity index (χ2v) is 3.74. The molecule has 0 saturated heterocycles. The molecule has 2 heteroatoms. The summed E-state index contributed by atoms with van der Waals surface area (Å²) in [6, 6.07) is 10.1. The van der Waals surface area contributed by atoms with E-state index in [0.717, 1.165) is 5.57 Å². The molecule has 1 rings (SSSR count). The average Bonchev–Trinajstić information content (AvgIpc) is 2.45. The van der Waals surface area contributed by atoms with Crippen LogP contribution in [-0.4, -0.2) is 13.1 Å². The van der Waals surface area contributed by atoms with Crippen molar-refractivity contribution in [3.8, 4) is 0 Å². The van der Waals surface area contributed by atoms with Gasteiger partial charge in [0.1, 0.15) is 0 Å². The molecule has 0 amide bonds. The highest BCUT2D eigenvalue weighted by Crippen LogP contribution is 2.07. The van der Waals surface area contributed by atoms with Gasteiger partial charge in [-0.15, -0.1) is 0 Å². The second kappa shape index (κ2) is 9.66. The van der Waals surface area contributed by atoms with Crippen LogP contribution in [0.15, 0.2) is 73.4 Å². The van der Waals surface area contributed by atoms with Gasteiger partial charge in [0.15, 0.2) is 0 Å². The van der Waals surface area contributed by atoms with Crippen LogP contribution in [-0.2, 0) is 9.53 Å². The third-order valence-electron chi connectivity index (χ3n) is 2.14. The van der Waals surface area contributed by atoms with Crippen LogP contribution in [0.1, 0.15) is 12.5 Å². The summed E-state index contributed by atoms with van der Waals surface area (Å²) in [5.41, 5.74) is 2.65. The molecule has 0 aromatic heterocycles. The first-order chi connectivity index (χ1) is 9.04. The largest absolute Gasteiger partial charge is 0.466 e. The standard InChI is InChI=1S/C12H12.C5H8O2/c1-3-11(4-2)10-12-8-6-5-7-9-12;1-4(2)5(6)7-3/h3-10H,1-2H2;1H2,2-3H3. The van der Waals surface area contributed by atoms with E-state index < -0.39 is 0 Å². The lowest BCUT2D eigenvalue weighted by molar-refractivity contribution is -0.136. The number of allylic oxidation sites excluding steroid dienone is 3. The third-order valence-corrected chi connectivity index (χ3v) is 2.14. The number of methoxy groups -OCH3 is 1. The van der Waals surface area contributed by atoms with Crippen LogP contribution in [0.4, 0.5) is 0 Å². The van der Waals surface area contributed by atoms with Gasteiger partial charge in [-0.05, 0) is 24.1 Å². The Kier molecular flexibility index (Phi) is 8.46. The number of hydrogen-bond donors (Lipinski definition) is 0. The zero-order chi connectivity index (χ0) is 14.7. The van der Waals surface area contributed by atoms with Crippen molar-refractivity contribution >= 4 is 12.0 Å². The fourth-order valence-corrected chi connectivity index (χ4v) is 1.12. The topological polar surface area (TPSA) is 26.3 Å². The van der Waals surface area contributed by atoms with E-state index in [9.17, 15) is 4.79 Å². The lowest BCUT2D eigenvalue weighted by Crippen LogP contribution is -1.98. The van der Waals surface area contributed by atoms with E-state index in [1.54, 1.807) is 19.1 Å². The van der Waals surface area contributed by atoms with Crippen molar-refractivity contribution in [2.45, 2.75) is 6.92 Å². The summed E-state index contributed by atoms with van der Waals surface area (Å²) in [5, 5.41) is 0. The van der Waals surface area contributed by atoms with Crippen LogP contribution in [0.2, 0.25) is 0 Å². The van der Waals surface area contributed by atoms with Crippen molar-refractivity contribution in [3.63, 3.8) is 0 Å². The maximum absolute atomic E-state index is 10.2. The Bertz CT molecular complexity index is 457. The Morgan fingerprint density at radius 1 is 1.16 bits per heavy atom. The Morgan fingerprint density at radius 2 is 1.68 bits per heavy atom. The zero-order valence-electron chi connectivity index (χ0n) is 11.6. The van der Waals surface area contributed by atoms with Crippen molar-refractivity contribution in [2.24, 2.45) is 0 Å². The molecule has 0 aliphatic heterocycles. The van der Waals surface area contributed by atoms with Crippen molar-refractivity contribution in [2.75, 3.05) is 7.11 Å². The molecular formula is C17H20O2. The summed E-state index contributed by atoms with van der Waals surface area (Å²) in [5.74, 6) is -0.347. The molecule has 0 atom stereocenters. The average molecular weight is 256 g/mol. The van der Waals surface area contributed by atoms with Crippen LogP contribution in [0.25, 0.3) is 6.08 Å². The van der Waals surface area contributed by atoms with E-state index in [0.29, 0.717) is 5.57 Å². The van der Waals surface area contributed by atoms with Gasteiger partial charge in [0.05, 0.1) is 7.11 Å². The molecule has 1 aromatic rings. The zero-order valence-corrected chi connectivity index (χ0v) is 11.6. The molecule has 0 saturated carbocycles. The number of carbonyl (C=O) groups excluding carboxylic acids is 1. The minimum atomic E-state index is -0.347. The third kappa shape index (κ3) is 7.55. The quantitative estimate of drug-likeness (QED) is 0.459. The van der Waals surface area contributed by atoms with Crippen LogP contribution in [0.5, 0.6) is 0 Å². The van der Waals surface area contributed by atoms with Crippen LogP contribution in [0.3, 0.4) is 0 Å². The first-order valence-corrected chi connectivity index (χ1v) is 5.80. The minimum absolute atomic E-state index is 0.347. The predicted molar refractivity (Wildman–Crippen MR) is 81.6 cm³/mol. The molecule has 0 radical (unpaired) electrons. The summed E-state index contributed by atoms with van der Waals surface area (Å²) in [7, 11) is 1.33. The van der Waals surface area contributed by atoms with Crippen LogP contribution < -0.4 is 0 Å². The van der Waals surface area contributed by atoms with Gasteiger partial charge < -0.3 is 4.74 Å². The van der Waals surface area contributed by atoms with Crippen LogP contribution >= 0.6 is 0 Å². The summed E-state index contributed by atoms with van der Waals surface area (Å²) in [6.07, 6.45) is 5.62. The summed E-state index contributed by atoms with van der Waals surface area (Å²) >= 11 is 0. The van der Waals surface area contributed by atoms with E-state index in [2.05, 4.69) is 24.5 Å². The predicted octanol–water partition coefficient (Wildman–Crippen LogP) is 4.18. The van der Waals surface area contributed by atoms with Crippen molar-refractivity contribution in [1.82, 2.24) is 0 Å². The van der Waals surface area contributed by atoms with Gasteiger partial charge in [0, 0.05) is 5.57 Å². The highest BCUT2D eigenvalue weighted by atomic mass is 16.5. The maximum atomic E-state index is 10.2. The molecule has 100 valence electrons. The molecule has 19 heavy (non-hydrogen) atoms. The van der Waals surface area contributed by atoms with Crippen molar-refractivity contribution < 1.29 is 9.53 Å². The highest BCUT2D eigenvalue weighted by molar-refractivity contribution is 5.86. The summed E-state index contributed by atoms with van der Waals surface area (Å²) < 4.78 is 4.27. The number of ether oxygens (including phenoxy) is 1. The van der Waals surface area contributed by atoms with E-state index >= 15 is 0 Å². The SMILES string of the molecule is C=C(C)C(=O)OC.C=CC(C=C)=Cc1ccccc1. The van der Waals surface area contributed by atoms with E-state index in [4.69, 9.17) is 0 Å². The van der Waals surface area contributed by atoms with Gasteiger partial charge in [-0.1, -0.05) is 62.2 Å². The normalized spacial score (nSPS) is 8.32. The van der Waals surface area contributed by atoms with E-state index in [1.165, 1.54) is 12.7 Å². The Morgan fingerprint density at radius 3 is 2.00 bits per heavy atom. The molecule has 0 unspecified atom stereocenters. The first kappa shape index (κ1) is 16.7. The van der Waals surface area contributed by atoms with Crippen molar-refractivity contribution in [3.05, 3.63) is 78.9 Å². The minimum Gasteiger partial charge on any atom is -0.466 e. The molecule has 0 spiro atoms. The molecule has 2 nitrogen and oxygen atoms in total. The number of rotatable bonds is 4. The van der Waals surface area contributed by atoms with Gasteiger partial charge in [-0.3, -0.25) is 0 Å². The Labute approximate surface area is 115 Å². The van der Waals surface area contributed by atoms with Gasteiger partial charge in [-0.2, -0.15) is 0 Å². The monoisotopic (exact) mass is 256 g/mol. The molecule has 0 aliphatic carbocycles. The molecule has 0 heterocycles. The lowest BCUT2D eigenvalue weighted by Gasteiger charge is -1.93. The number of hydrogen-bond acceptors (Lipinski definition) is 2. The van der Waals surface area contributed by atoms with E-state index in [1.807, 2.05) is 36.4 Å². The second-order valence-electron chi connectivity index (χ2n) is 3.74. The summed E-state index contributed by atoms with van der Waals surface area (Å²) in [4.78, 5) is 10.2. The fourth-order valence-electron chi connectivity index (χ4n) is 1.12. The molecule has 0 aliphatic rings. The number of esters is 1. The molecule has 0 fully saturated rings. The van der Waals surface area contributed by atoms with E-state index in [-0.39, 0.29) is 5.97 Å². The van der Waals surface area contributed by atoms with Gasteiger partial charge in [-0.25, -0.2) is 4.79 Å². The maximum Gasteiger partial charge on any atom is 0.332 e. The molecule has 0 bridgehead atoms. The Balaban J connectivity index is 0.000000399. The molecule has 0 N–H and O–H groups in total. The van der Waals surface area contributed by atoms with Gasteiger partial charge in [0.25, 0.3) is 0 Å². The van der Waals surface area contributed by atoms with Gasteiger partial charge >= 0.3 is 5.97 Å². The number of carbonyl (C=O) groups is 1. The highest BCUT2D eigenvalue weighted by Gasteiger charge is 1.95. The smallest absolute Gasteiger partial charge is 0.332 e. The van der Waals surface area contributed by atoms with Crippen molar-refractivity contribution in [1.29, 1.82) is 0 Å². The molecular weight excluding hydrogens is 236 g/mol. The summed E-state index contributed by atoms with van der Waals surface area (Å²) in [6.45, 7) is 12.3. The lowest BCUT2D eigenvalue weighted by atomic mass is 10.1. The van der Waals surface area contributed by atoms with Crippen LogP contribution in [0, 0.1) is 0 Å². The molecule has 1 aromatic carbocycles. The Hall–Kier alpha value is -2.35. The fraction of sp³-hybridized carbons (Fsp3) is 0.118. The number of benzene rings is 1. The van der Waals surface area contributed by atoms with Gasteiger partial charge in [0.2, 0.25) is 0 Å².